The minimum Gasteiger partial charge on any atom is -0.352 e. The summed E-state index contributed by atoms with van der Waals surface area (Å²) in [6.45, 7) is 8.19. The van der Waals surface area contributed by atoms with Gasteiger partial charge >= 0.3 is 0 Å². The molecular formula is C23H36N4O2. The molecule has 6 heteroatoms. The van der Waals surface area contributed by atoms with Crippen molar-refractivity contribution < 1.29 is 9.59 Å². The van der Waals surface area contributed by atoms with E-state index in [1.165, 1.54) is 25.7 Å². The number of nitrogens with zero attached hydrogens (tertiary/aromatic N) is 2. The second kappa shape index (κ2) is 10.7. The van der Waals surface area contributed by atoms with Crippen LogP contribution in [0.4, 0.5) is 5.69 Å². The number of carbonyl (C=O) groups is 2. The normalized spacial score (nSPS) is 19.5. The van der Waals surface area contributed by atoms with Crippen molar-refractivity contribution in [3.63, 3.8) is 0 Å². The lowest BCUT2D eigenvalue weighted by atomic mass is 10.1. The molecule has 1 aromatic rings. The Morgan fingerprint density at radius 1 is 0.862 bits per heavy atom. The first kappa shape index (κ1) is 21.8. The topological polar surface area (TPSA) is 64.7 Å². The Labute approximate surface area is 175 Å². The van der Waals surface area contributed by atoms with E-state index in [9.17, 15) is 9.59 Å². The third kappa shape index (κ3) is 6.82. The lowest BCUT2D eigenvalue weighted by Gasteiger charge is -2.34. The number of aryl methyl sites for hydroxylation is 2. The third-order valence-corrected chi connectivity index (χ3v) is 6.17. The quantitative estimate of drug-likeness (QED) is 0.721. The van der Waals surface area contributed by atoms with Crippen LogP contribution in [0.25, 0.3) is 0 Å². The van der Waals surface area contributed by atoms with Gasteiger partial charge < -0.3 is 10.6 Å². The van der Waals surface area contributed by atoms with Crippen molar-refractivity contribution in [2.24, 2.45) is 0 Å². The summed E-state index contributed by atoms with van der Waals surface area (Å²) in [6.07, 6.45) is 7.29. The zero-order valence-corrected chi connectivity index (χ0v) is 18.0. The van der Waals surface area contributed by atoms with Gasteiger partial charge in [-0.2, -0.15) is 0 Å². The van der Waals surface area contributed by atoms with Gasteiger partial charge in [-0.1, -0.05) is 43.9 Å². The molecule has 0 bridgehead atoms. The average molecular weight is 401 g/mol. The van der Waals surface area contributed by atoms with Gasteiger partial charge in [0.05, 0.1) is 13.1 Å². The maximum absolute atomic E-state index is 12.5. The van der Waals surface area contributed by atoms with Crippen LogP contribution in [-0.2, 0) is 9.59 Å². The highest BCUT2D eigenvalue weighted by molar-refractivity contribution is 5.93. The number of hydrogen-bond acceptors (Lipinski definition) is 4. The average Bonchev–Trinajstić information content (AvgIpc) is 2.95. The fourth-order valence-corrected chi connectivity index (χ4v) is 4.40. The van der Waals surface area contributed by atoms with Crippen molar-refractivity contribution in [1.29, 1.82) is 0 Å². The molecule has 2 aliphatic rings. The summed E-state index contributed by atoms with van der Waals surface area (Å²) in [4.78, 5) is 29.2. The van der Waals surface area contributed by atoms with E-state index in [0.29, 0.717) is 19.1 Å². The molecule has 0 atom stereocenters. The SMILES string of the molecule is Cc1cccc(C)c1NC(=O)CN1CCN(CC(=O)NC2CCCCCC2)CC1. The van der Waals surface area contributed by atoms with Gasteiger partial charge in [-0.3, -0.25) is 19.4 Å². The molecule has 3 rings (SSSR count). The molecule has 29 heavy (non-hydrogen) atoms. The fourth-order valence-electron chi connectivity index (χ4n) is 4.40. The van der Waals surface area contributed by atoms with Gasteiger partial charge in [0.15, 0.2) is 0 Å². The van der Waals surface area contributed by atoms with E-state index in [0.717, 1.165) is 55.8 Å². The van der Waals surface area contributed by atoms with Crippen molar-refractivity contribution >= 4 is 17.5 Å². The van der Waals surface area contributed by atoms with E-state index in [2.05, 4.69) is 20.4 Å². The van der Waals surface area contributed by atoms with E-state index in [1.807, 2.05) is 32.0 Å². The largest absolute Gasteiger partial charge is 0.352 e. The van der Waals surface area contributed by atoms with Gasteiger partial charge in [-0.05, 0) is 37.8 Å². The zero-order chi connectivity index (χ0) is 20.6. The van der Waals surface area contributed by atoms with E-state index in [1.54, 1.807) is 0 Å². The summed E-state index contributed by atoms with van der Waals surface area (Å²) in [6, 6.07) is 6.40. The fraction of sp³-hybridized carbons (Fsp3) is 0.652. The van der Waals surface area contributed by atoms with Gasteiger partial charge in [0.1, 0.15) is 0 Å². The second-order valence-corrected chi connectivity index (χ2v) is 8.62. The molecule has 2 amide bonds. The van der Waals surface area contributed by atoms with Crippen LogP contribution >= 0.6 is 0 Å². The molecule has 2 fully saturated rings. The monoisotopic (exact) mass is 400 g/mol. The highest BCUT2D eigenvalue weighted by atomic mass is 16.2. The number of anilines is 1. The van der Waals surface area contributed by atoms with Gasteiger partial charge in [-0.25, -0.2) is 0 Å². The predicted molar refractivity (Wildman–Crippen MR) is 117 cm³/mol. The van der Waals surface area contributed by atoms with Crippen LogP contribution in [0, 0.1) is 13.8 Å². The summed E-state index contributed by atoms with van der Waals surface area (Å²) >= 11 is 0. The summed E-state index contributed by atoms with van der Waals surface area (Å²) in [7, 11) is 0. The van der Waals surface area contributed by atoms with Crippen LogP contribution in [0.5, 0.6) is 0 Å². The number of carbonyl (C=O) groups excluding carboxylic acids is 2. The Balaban J connectivity index is 1.37. The summed E-state index contributed by atoms with van der Waals surface area (Å²) in [5.41, 5.74) is 3.09. The third-order valence-electron chi connectivity index (χ3n) is 6.17. The van der Waals surface area contributed by atoms with Crippen LogP contribution in [0.15, 0.2) is 18.2 Å². The van der Waals surface area contributed by atoms with Crippen molar-refractivity contribution in [2.45, 2.75) is 58.4 Å². The first-order chi connectivity index (χ1) is 14.0. The van der Waals surface area contributed by atoms with E-state index < -0.39 is 0 Å². The highest BCUT2D eigenvalue weighted by Crippen LogP contribution is 2.19. The Morgan fingerprint density at radius 2 is 1.38 bits per heavy atom. The minimum absolute atomic E-state index is 0.0296. The minimum atomic E-state index is 0.0296. The molecule has 6 nitrogen and oxygen atoms in total. The van der Waals surface area contributed by atoms with E-state index in [4.69, 9.17) is 0 Å². The molecule has 1 aliphatic heterocycles. The molecule has 0 spiro atoms. The van der Waals surface area contributed by atoms with Crippen LogP contribution < -0.4 is 10.6 Å². The van der Waals surface area contributed by atoms with Gasteiger partial charge in [0.25, 0.3) is 0 Å². The van der Waals surface area contributed by atoms with Crippen LogP contribution in [0.3, 0.4) is 0 Å². The summed E-state index contributed by atoms with van der Waals surface area (Å²) in [5.74, 6) is 0.181. The molecule has 160 valence electrons. The van der Waals surface area contributed by atoms with Crippen molar-refractivity contribution in [2.75, 3.05) is 44.6 Å². The van der Waals surface area contributed by atoms with Gasteiger partial charge in [0.2, 0.25) is 11.8 Å². The van der Waals surface area contributed by atoms with Crippen LogP contribution in [0.2, 0.25) is 0 Å². The van der Waals surface area contributed by atoms with Crippen LogP contribution in [-0.4, -0.2) is 66.9 Å². The first-order valence-electron chi connectivity index (χ1n) is 11.1. The number of para-hydroxylation sites is 1. The van der Waals surface area contributed by atoms with Gasteiger partial charge in [-0.15, -0.1) is 0 Å². The standard InChI is InChI=1S/C23H36N4O2/c1-18-8-7-9-19(2)23(18)25-22(29)17-27-14-12-26(13-15-27)16-21(28)24-20-10-5-3-4-6-11-20/h7-9,20H,3-6,10-17H2,1-2H3,(H,24,28)(H,25,29). The number of benzene rings is 1. The van der Waals surface area contributed by atoms with Gasteiger partial charge in [0, 0.05) is 37.9 Å². The number of nitrogens with one attached hydrogen (secondary N) is 2. The number of piperazine rings is 1. The molecule has 0 aromatic heterocycles. The Hall–Kier alpha value is -1.92. The molecule has 1 heterocycles. The molecule has 2 N–H and O–H groups in total. The van der Waals surface area contributed by atoms with E-state index >= 15 is 0 Å². The summed E-state index contributed by atoms with van der Waals surface area (Å²) < 4.78 is 0. The lowest BCUT2D eigenvalue weighted by Crippen LogP contribution is -2.51. The van der Waals surface area contributed by atoms with Crippen molar-refractivity contribution in [3.8, 4) is 0 Å². The molecule has 1 aliphatic carbocycles. The Morgan fingerprint density at radius 3 is 1.93 bits per heavy atom. The maximum atomic E-state index is 12.5. The molecule has 0 radical (unpaired) electrons. The molecular weight excluding hydrogens is 364 g/mol. The predicted octanol–water partition coefficient (Wildman–Crippen LogP) is 2.70. The first-order valence-corrected chi connectivity index (χ1v) is 11.1. The maximum Gasteiger partial charge on any atom is 0.238 e. The number of amides is 2. The smallest absolute Gasteiger partial charge is 0.238 e. The van der Waals surface area contributed by atoms with E-state index in [-0.39, 0.29) is 11.8 Å². The number of rotatable bonds is 6. The lowest BCUT2D eigenvalue weighted by molar-refractivity contribution is -0.124. The van der Waals surface area contributed by atoms with Crippen LogP contribution in [0.1, 0.15) is 49.7 Å². The van der Waals surface area contributed by atoms with Crippen molar-refractivity contribution in [1.82, 2.24) is 15.1 Å². The second-order valence-electron chi connectivity index (χ2n) is 8.62. The molecule has 1 saturated heterocycles. The summed E-state index contributed by atoms with van der Waals surface area (Å²) in [5, 5.41) is 6.29. The molecule has 1 aromatic carbocycles. The molecule has 0 unspecified atom stereocenters. The highest BCUT2D eigenvalue weighted by Gasteiger charge is 2.22. The van der Waals surface area contributed by atoms with Crippen molar-refractivity contribution in [3.05, 3.63) is 29.3 Å². The molecule has 1 saturated carbocycles. The zero-order valence-electron chi connectivity index (χ0n) is 18.0. The Bertz CT molecular complexity index is 670. The Kier molecular flexibility index (Phi) is 8.07. The number of hydrogen-bond donors (Lipinski definition) is 2.